The SMILES string of the molecule is [B]c1c([B])c([B])c2c(c1[B])-c1c([B])c([B])c(-c3c4ccccc4c(-c4ccc(-n5c(C([B])([B])C([B])(O)O)nc6ccccc65)c5ccccc45)c4ccccc34)c([B])c1C2(C)C. The highest BCUT2D eigenvalue weighted by Crippen LogP contribution is 2.49. The molecule has 8 aromatic carbocycles. The van der Waals surface area contributed by atoms with Crippen molar-refractivity contribution in [2.45, 2.75) is 30.2 Å². The third-order valence-electron chi connectivity index (χ3n) is 12.9. The Morgan fingerprint density at radius 2 is 0.919 bits per heavy atom. The maximum atomic E-state index is 10.6. The first-order valence-electron chi connectivity index (χ1n) is 19.9. The van der Waals surface area contributed by atoms with Gasteiger partial charge in [0.05, 0.1) is 32.4 Å². The lowest BCUT2D eigenvalue weighted by molar-refractivity contribution is -0.100. The molecule has 0 atom stereocenters. The maximum absolute atomic E-state index is 10.6. The summed E-state index contributed by atoms with van der Waals surface area (Å²) >= 11 is 0. The molecule has 1 heterocycles. The number of aromatic nitrogens is 2. The van der Waals surface area contributed by atoms with Crippen LogP contribution in [0.3, 0.4) is 0 Å². The van der Waals surface area contributed by atoms with Gasteiger partial charge in [0, 0.05) is 10.8 Å². The number of hydrogen-bond acceptors (Lipinski definition) is 3. The van der Waals surface area contributed by atoms with Crippen molar-refractivity contribution >= 4 is 160 Å². The van der Waals surface area contributed by atoms with Crippen LogP contribution in [-0.2, 0) is 10.6 Å². The van der Waals surface area contributed by atoms with Crippen molar-refractivity contribution in [3.05, 3.63) is 126 Å². The van der Waals surface area contributed by atoms with Gasteiger partial charge in [-0.1, -0.05) is 132 Å². The Labute approximate surface area is 373 Å². The summed E-state index contributed by atoms with van der Waals surface area (Å²) in [6, 6.07) is 35.5. The molecule has 0 bridgehead atoms. The van der Waals surface area contributed by atoms with Crippen LogP contribution in [0, 0.1) is 0 Å². The van der Waals surface area contributed by atoms with Crippen molar-refractivity contribution in [2.24, 2.45) is 0 Å². The summed E-state index contributed by atoms with van der Waals surface area (Å²) in [7, 11) is 66.4. The normalized spacial score (nSPS) is 13.6. The van der Waals surface area contributed by atoms with E-state index in [4.69, 9.17) is 78.5 Å². The fraction of sp³-hybridized carbons (Fsp3) is 0.104. The molecule has 270 valence electrons. The topological polar surface area (TPSA) is 58.3 Å². The number of para-hydroxylation sites is 2. The van der Waals surface area contributed by atoms with E-state index in [1.807, 2.05) is 92.7 Å². The first kappa shape index (κ1) is 40.6. The summed E-state index contributed by atoms with van der Waals surface area (Å²) in [6.07, 6.45) is 0. The van der Waals surface area contributed by atoms with Crippen molar-refractivity contribution in [3.8, 4) is 39.1 Å². The zero-order chi connectivity index (χ0) is 43.9. The van der Waals surface area contributed by atoms with Crippen LogP contribution >= 0.6 is 0 Å². The molecular formula is C48H26B10N2O2. The highest BCUT2D eigenvalue weighted by atomic mass is 16.5. The number of rotatable bonds is 5. The summed E-state index contributed by atoms with van der Waals surface area (Å²) in [5, 5.41) is 24.1. The molecule has 0 aliphatic heterocycles. The van der Waals surface area contributed by atoms with Crippen molar-refractivity contribution in [1.82, 2.24) is 9.55 Å². The zero-order valence-electron chi connectivity index (χ0n) is 34.0. The van der Waals surface area contributed by atoms with Gasteiger partial charge in [0.25, 0.3) is 0 Å². The number of hydrogen-bond donors (Lipinski definition) is 2. The average Bonchev–Trinajstić information content (AvgIpc) is 3.76. The minimum Gasteiger partial charge on any atom is -0.376 e. The van der Waals surface area contributed by atoms with E-state index in [2.05, 4.69) is 29.2 Å². The van der Waals surface area contributed by atoms with Crippen molar-refractivity contribution < 1.29 is 10.2 Å². The van der Waals surface area contributed by atoms with E-state index in [1.165, 1.54) is 0 Å². The molecule has 1 aliphatic carbocycles. The second-order valence-electron chi connectivity index (χ2n) is 16.8. The van der Waals surface area contributed by atoms with Crippen LogP contribution in [0.2, 0.25) is 0 Å². The molecule has 14 heteroatoms. The lowest BCUT2D eigenvalue weighted by atomic mass is 9.45. The summed E-state index contributed by atoms with van der Waals surface area (Å²) in [4.78, 5) is 4.67. The molecule has 0 amide bonds. The van der Waals surface area contributed by atoms with E-state index >= 15 is 0 Å². The Morgan fingerprint density at radius 1 is 0.468 bits per heavy atom. The lowest BCUT2D eigenvalue weighted by Gasteiger charge is -2.37. The Hall–Kier alpha value is -5.42. The summed E-state index contributed by atoms with van der Waals surface area (Å²) in [5.41, 5.74) is 5.94. The van der Waals surface area contributed by atoms with Gasteiger partial charge in [0.1, 0.15) is 66.4 Å². The van der Waals surface area contributed by atoms with Gasteiger partial charge < -0.3 is 10.2 Å². The van der Waals surface area contributed by atoms with E-state index < -0.39 is 16.3 Å². The number of imidazole rings is 1. The van der Waals surface area contributed by atoms with Crippen LogP contribution in [0.4, 0.5) is 0 Å². The van der Waals surface area contributed by atoms with Crippen LogP contribution < -0.4 is 38.2 Å². The Balaban J connectivity index is 1.28. The molecular weight excluding hydrogens is 745 g/mol. The standard InChI is InChI=1S/C48H26B10N2O2/c1-46(2)36-33(34-37(46)42(53)44(55)43(54)40(34)51)39(50)41(52)35(38(36)49)32-25-15-7-5-13-23(25)31(24-14-6-8-16-26(24)32)27-19-20-29(22-12-4-3-11-21(22)27)60-30-18-10-9-17-28(30)59-45(60)47(56,57)48(58,61)62/h3-20,61-62H,1-2H3. The van der Waals surface area contributed by atoms with E-state index in [1.54, 1.807) is 10.6 Å². The molecule has 62 heavy (non-hydrogen) atoms. The number of fused-ring (bicyclic) bond motifs is 7. The van der Waals surface area contributed by atoms with Crippen LogP contribution in [-0.4, -0.2) is 104 Å². The van der Waals surface area contributed by atoms with E-state index in [-0.39, 0.29) is 22.2 Å². The zero-order valence-corrected chi connectivity index (χ0v) is 34.0. The Bertz CT molecular complexity index is 3390. The summed E-state index contributed by atoms with van der Waals surface area (Å²) in [5.74, 6) is -0.0447. The van der Waals surface area contributed by atoms with Crippen LogP contribution in [0.1, 0.15) is 30.8 Å². The van der Waals surface area contributed by atoms with Gasteiger partial charge in [-0.3, -0.25) is 4.57 Å². The Morgan fingerprint density at radius 3 is 1.50 bits per heavy atom. The maximum Gasteiger partial charge on any atom is 0.152 e. The van der Waals surface area contributed by atoms with Gasteiger partial charge in [0.2, 0.25) is 0 Å². The second kappa shape index (κ2) is 13.8. The van der Waals surface area contributed by atoms with Gasteiger partial charge in [-0.25, -0.2) is 4.98 Å². The second-order valence-corrected chi connectivity index (χ2v) is 16.8. The molecule has 20 radical (unpaired) electrons. The molecule has 10 rings (SSSR count). The van der Waals surface area contributed by atoms with Gasteiger partial charge in [-0.2, -0.15) is 0 Å². The van der Waals surface area contributed by atoms with E-state index in [0.29, 0.717) is 60.8 Å². The van der Waals surface area contributed by atoms with Crippen LogP contribution in [0.15, 0.2) is 109 Å². The molecule has 0 unspecified atom stereocenters. The first-order valence-corrected chi connectivity index (χ1v) is 19.9. The largest absolute Gasteiger partial charge is 0.376 e. The summed E-state index contributed by atoms with van der Waals surface area (Å²) in [6.45, 7) is 4.03. The van der Waals surface area contributed by atoms with Crippen molar-refractivity contribution in [1.29, 1.82) is 0 Å². The molecule has 9 aromatic rings. The van der Waals surface area contributed by atoms with Gasteiger partial charge in [-0.05, 0) is 94.9 Å². The lowest BCUT2D eigenvalue weighted by Crippen LogP contribution is -2.54. The Kier molecular flexibility index (Phi) is 9.04. The molecule has 2 N–H and O–H groups in total. The fourth-order valence-corrected chi connectivity index (χ4v) is 9.95. The molecule has 1 aromatic heterocycles. The predicted molar refractivity (Wildman–Crippen MR) is 266 cm³/mol. The number of nitrogens with zero attached hydrogens (tertiary/aromatic N) is 2. The summed E-state index contributed by atoms with van der Waals surface area (Å²) < 4.78 is 1.72. The van der Waals surface area contributed by atoms with E-state index in [9.17, 15) is 10.2 Å². The third kappa shape index (κ3) is 5.38. The first-order chi connectivity index (χ1) is 29.4. The monoisotopic (exact) mass is 772 g/mol. The van der Waals surface area contributed by atoms with Crippen molar-refractivity contribution in [3.63, 3.8) is 0 Å². The fourth-order valence-electron chi connectivity index (χ4n) is 9.95. The quantitative estimate of drug-likeness (QED) is 0.156. The highest BCUT2D eigenvalue weighted by Gasteiger charge is 2.43. The van der Waals surface area contributed by atoms with Crippen LogP contribution in [0.5, 0.6) is 0 Å². The molecule has 0 spiro atoms. The van der Waals surface area contributed by atoms with Crippen LogP contribution in [0.25, 0.3) is 82.4 Å². The third-order valence-corrected chi connectivity index (χ3v) is 12.9. The number of aliphatic hydroxyl groups is 2. The molecule has 0 fully saturated rings. The van der Waals surface area contributed by atoms with E-state index in [0.717, 1.165) is 54.6 Å². The van der Waals surface area contributed by atoms with Gasteiger partial charge in [0.15, 0.2) is 7.85 Å². The van der Waals surface area contributed by atoms with Gasteiger partial charge >= 0.3 is 0 Å². The van der Waals surface area contributed by atoms with Crippen molar-refractivity contribution in [2.75, 3.05) is 0 Å². The minimum absolute atomic E-state index is 0.0447. The minimum atomic E-state index is -3.01. The highest BCUT2D eigenvalue weighted by molar-refractivity contribution is 6.65. The molecule has 1 aliphatic rings. The average molecular weight is 771 g/mol. The smallest absolute Gasteiger partial charge is 0.152 e. The molecule has 0 saturated heterocycles. The predicted octanol–water partition coefficient (Wildman–Crippen LogP) is 0.979. The number of benzene rings is 8. The molecule has 4 nitrogen and oxygen atoms in total. The van der Waals surface area contributed by atoms with Gasteiger partial charge in [-0.15, -0.1) is 10.9 Å². The molecule has 0 saturated carbocycles.